The quantitative estimate of drug-likeness (QED) is 0.666. The van der Waals surface area contributed by atoms with E-state index in [0.717, 1.165) is 5.56 Å². The summed E-state index contributed by atoms with van der Waals surface area (Å²) in [6.45, 7) is 5.88. The van der Waals surface area contributed by atoms with E-state index in [9.17, 15) is 18.0 Å². The summed E-state index contributed by atoms with van der Waals surface area (Å²) in [6, 6.07) is 4.89. The summed E-state index contributed by atoms with van der Waals surface area (Å²) < 4.78 is 32.3. The average molecular weight is 429 g/mol. The Morgan fingerprint density at radius 3 is 2.54 bits per heavy atom. The van der Waals surface area contributed by atoms with Gasteiger partial charge in [0.2, 0.25) is 15.9 Å². The molecule has 0 aliphatic carbocycles. The Kier molecular flexibility index (Phi) is 7.91. The molecule has 0 radical (unpaired) electrons. The number of ether oxygens (including phenoxy) is 1. The molecule has 1 N–H and O–H groups in total. The third-order valence-corrected chi connectivity index (χ3v) is 7.92. The Morgan fingerprint density at radius 1 is 1.32 bits per heavy atom. The lowest BCUT2D eigenvalue weighted by atomic mass is 9.99. The second kappa shape index (κ2) is 9.76. The minimum Gasteiger partial charge on any atom is -0.467 e. The van der Waals surface area contributed by atoms with Crippen molar-refractivity contribution in [2.75, 3.05) is 25.2 Å². The number of sulfonamides is 1. The van der Waals surface area contributed by atoms with E-state index in [1.54, 1.807) is 24.3 Å². The van der Waals surface area contributed by atoms with Gasteiger partial charge in [0.15, 0.2) is 0 Å². The number of hydrogen-bond donors (Lipinski definition) is 1. The van der Waals surface area contributed by atoms with Gasteiger partial charge in [0.25, 0.3) is 0 Å². The Labute approximate surface area is 171 Å². The van der Waals surface area contributed by atoms with E-state index < -0.39 is 34.0 Å². The number of amides is 1. The summed E-state index contributed by atoms with van der Waals surface area (Å²) in [7, 11) is -2.55. The van der Waals surface area contributed by atoms with Crippen molar-refractivity contribution < 1.29 is 22.7 Å². The van der Waals surface area contributed by atoms with Gasteiger partial charge in [-0.25, -0.2) is 13.2 Å². The van der Waals surface area contributed by atoms with Crippen LogP contribution in [-0.2, 0) is 24.3 Å². The van der Waals surface area contributed by atoms with Crippen LogP contribution in [-0.4, -0.2) is 61.8 Å². The topological polar surface area (TPSA) is 92.8 Å². The number of methoxy groups -OCH3 is 1. The number of benzene rings is 1. The molecule has 1 aromatic rings. The van der Waals surface area contributed by atoms with Gasteiger partial charge in [0.05, 0.1) is 12.0 Å². The monoisotopic (exact) mass is 428 g/mol. The van der Waals surface area contributed by atoms with E-state index in [4.69, 9.17) is 4.74 Å². The van der Waals surface area contributed by atoms with E-state index >= 15 is 0 Å². The minimum atomic E-state index is -3.82. The highest BCUT2D eigenvalue weighted by Crippen LogP contribution is 2.25. The van der Waals surface area contributed by atoms with Crippen LogP contribution in [0.1, 0.15) is 25.8 Å². The van der Waals surface area contributed by atoms with Crippen molar-refractivity contribution in [1.82, 2.24) is 9.62 Å². The number of nitrogens with one attached hydrogen (secondary N) is 1. The van der Waals surface area contributed by atoms with Crippen LogP contribution >= 0.6 is 11.8 Å². The standard InChI is InChI=1S/C19H28N2O5S2/c1-5-14(3)17(19(23)26-4)20-18(22)16-12-27-11-10-21(16)28(24,25)15-8-6-13(2)7-9-15/h6-9,14,16-17H,5,10-12H2,1-4H3,(H,20,22)/t14?,16-,17-/m0/s1. The molecule has 0 saturated carbocycles. The van der Waals surface area contributed by atoms with Gasteiger partial charge < -0.3 is 10.1 Å². The molecule has 2 rings (SSSR count). The van der Waals surface area contributed by atoms with Crippen molar-refractivity contribution in [2.24, 2.45) is 5.92 Å². The maximum Gasteiger partial charge on any atom is 0.328 e. The van der Waals surface area contributed by atoms with Gasteiger partial charge in [-0.2, -0.15) is 16.1 Å². The minimum absolute atomic E-state index is 0.130. The molecule has 1 aromatic carbocycles. The highest BCUT2D eigenvalue weighted by molar-refractivity contribution is 7.99. The molecule has 0 spiro atoms. The molecule has 1 saturated heterocycles. The first-order valence-electron chi connectivity index (χ1n) is 9.26. The number of hydrogen-bond acceptors (Lipinski definition) is 6. The zero-order valence-electron chi connectivity index (χ0n) is 16.7. The molecule has 1 unspecified atom stereocenters. The van der Waals surface area contributed by atoms with Gasteiger partial charge in [0.1, 0.15) is 12.1 Å². The van der Waals surface area contributed by atoms with Gasteiger partial charge in [-0.05, 0) is 25.0 Å². The molecule has 1 heterocycles. The summed E-state index contributed by atoms with van der Waals surface area (Å²) in [5.41, 5.74) is 0.955. The number of carbonyl (C=O) groups excluding carboxylic acids is 2. The van der Waals surface area contributed by atoms with Gasteiger partial charge >= 0.3 is 5.97 Å². The number of carbonyl (C=O) groups is 2. The first-order chi connectivity index (χ1) is 13.2. The Balaban J connectivity index is 2.27. The second-order valence-electron chi connectivity index (χ2n) is 6.91. The Bertz CT molecular complexity index is 795. The molecular weight excluding hydrogens is 400 g/mol. The van der Waals surface area contributed by atoms with Crippen LogP contribution in [0.2, 0.25) is 0 Å². The van der Waals surface area contributed by atoms with Crippen LogP contribution in [0, 0.1) is 12.8 Å². The number of thioether (sulfide) groups is 1. The highest BCUT2D eigenvalue weighted by Gasteiger charge is 2.39. The van der Waals surface area contributed by atoms with Crippen LogP contribution in [0.15, 0.2) is 29.2 Å². The van der Waals surface area contributed by atoms with Crippen LogP contribution < -0.4 is 5.32 Å². The zero-order valence-corrected chi connectivity index (χ0v) is 18.3. The third kappa shape index (κ3) is 5.07. The fourth-order valence-electron chi connectivity index (χ4n) is 2.97. The summed E-state index contributed by atoms with van der Waals surface area (Å²) in [4.78, 5) is 25.2. The van der Waals surface area contributed by atoms with E-state index in [-0.39, 0.29) is 17.4 Å². The summed E-state index contributed by atoms with van der Waals surface area (Å²) in [5.74, 6) is -0.182. The van der Waals surface area contributed by atoms with Crippen LogP contribution in [0.5, 0.6) is 0 Å². The van der Waals surface area contributed by atoms with Crippen molar-refractivity contribution in [3.05, 3.63) is 29.8 Å². The predicted octanol–water partition coefficient (Wildman–Crippen LogP) is 1.81. The van der Waals surface area contributed by atoms with E-state index in [2.05, 4.69) is 5.32 Å². The molecule has 0 aromatic heterocycles. The lowest BCUT2D eigenvalue weighted by molar-refractivity contribution is -0.147. The van der Waals surface area contributed by atoms with Crippen LogP contribution in [0.4, 0.5) is 0 Å². The smallest absolute Gasteiger partial charge is 0.328 e. The Morgan fingerprint density at radius 2 is 1.96 bits per heavy atom. The molecule has 1 aliphatic heterocycles. The number of nitrogens with zero attached hydrogens (tertiary/aromatic N) is 1. The second-order valence-corrected chi connectivity index (χ2v) is 9.95. The fraction of sp³-hybridized carbons (Fsp3) is 0.579. The number of aryl methyl sites for hydroxylation is 1. The highest BCUT2D eigenvalue weighted by atomic mass is 32.2. The van der Waals surface area contributed by atoms with E-state index in [1.165, 1.54) is 23.2 Å². The largest absolute Gasteiger partial charge is 0.467 e. The molecule has 0 bridgehead atoms. The predicted molar refractivity (Wildman–Crippen MR) is 110 cm³/mol. The zero-order chi connectivity index (χ0) is 20.9. The van der Waals surface area contributed by atoms with Gasteiger partial charge in [-0.3, -0.25) is 4.79 Å². The third-order valence-electron chi connectivity index (χ3n) is 4.98. The Hall–Kier alpha value is -1.58. The van der Waals surface area contributed by atoms with Crippen LogP contribution in [0.3, 0.4) is 0 Å². The molecule has 1 aliphatic rings. The summed E-state index contributed by atoms with van der Waals surface area (Å²) in [6.07, 6.45) is 0.671. The molecule has 3 atom stereocenters. The van der Waals surface area contributed by atoms with Crippen molar-refractivity contribution in [2.45, 2.75) is 44.2 Å². The van der Waals surface area contributed by atoms with Gasteiger partial charge in [-0.15, -0.1) is 0 Å². The summed E-state index contributed by atoms with van der Waals surface area (Å²) >= 11 is 1.52. The van der Waals surface area contributed by atoms with Crippen molar-refractivity contribution in [3.8, 4) is 0 Å². The lowest BCUT2D eigenvalue weighted by Crippen LogP contribution is -2.57. The molecule has 7 nitrogen and oxygen atoms in total. The van der Waals surface area contributed by atoms with E-state index in [0.29, 0.717) is 17.9 Å². The van der Waals surface area contributed by atoms with Gasteiger partial charge in [-0.1, -0.05) is 38.0 Å². The molecular formula is C19H28N2O5S2. The van der Waals surface area contributed by atoms with Crippen molar-refractivity contribution >= 4 is 33.7 Å². The number of rotatable bonds is 7. The average Bonchev–Trinajstić information content (AvgIpc) is 2.71. The van der Waals surface area contributed by atoms with Gasteiger partial charge in [0, 0.05) is 18.1 Å². The molecule has 28 heavy (non-hydrogen) atoms. The van der Waals surface area contributed by atoms with E-state index in [1.807, 2.05) is 20.8 Å². The number of esters is 1. The molecule has 9 heteroatoms. The summed E-state index contributed by atoms with van der Waals surface area (Å²) in [5, 5.41) is 2.72. The normalized spacial score (nSPS) is 20.2. The van der Waals surface area contributed by atoms with Crippen molar-refractivity contribution in [1.29, 1.82) is 0 Å². The fourth-order valence-corrected chi connectivity index (χ4v) is 5.82. The maximum atomic E-state index is 13.1. The SMILES string of the molecule is CCC(C)[C@H](NC(=O)[C@@H]1CSCCN1S(=O)(=O)c1ccc(C)cc1)C(=O)OC. The van der Waals surface area contributed by atoms with Crippen molar-refractivity contribution in [3.63, 3.8) is 0 Å². The first-order valence-corrected chi connectivity index (χ1v) is 11.9. The molecule has 1 amide bonds. The molecule has 156 valence electrons. The van der Waals surface area contributed by atoms with Crippen LogP contribution in [0.25, 0.3) is 0 Å². The lowest BCUT2D eigenvalue weighted by Gasteiger charge is -2.34. The molecule has 1 fully saturated rings. The first kappa shape index (κ1) is 22.7. The maximum absolute atomic E-state index is 13.1.